The molecular formula is C61H119N2O7P. The molecule has 9 nitrogen and oxygen atoms in total. The zero-order valence-corrected chi connectivity index (χ0v) is 48.8. The topological polar surface area (TPSA) is 114 Å². The summed E-state index contributed by atoms with van der Waals surface area (Å²) in [4.78, 5) is 39.9. The molecule has 71 heavy (non-hydrogen) atoms. The molecule has 420 valence electrons. The molecule has 0 radical (unpaired) electrons. The third-order valence-corrected chi connectivity index (χ3v) is 14.8. The second-order valence-electron chi connectivity index (χ2n) is 22.2. The lowest BCUT2D eigenvalue weighted by molar-refractivity contribution is -0.870. The molecule has 3 unspecified atom stereocenters. The van der Waals surface area contributed by atoms with Gasteiger partial charge in [0.05, 0.1) is 33.8 Å². The van der Waals surface area contributed by atoms with Crippen molar-refractivity contribution in [2.75, 3.05) is 40.9 Å². The van der Waals surface area contributed by atoms with Gasteiger partial charge in [-0.1, -0.05) is 257 Å². The minimum Gasteiger partial charge on any atom is -0.756 e. The number of nitrogens with one attached hydrogen (secondary N) is 1. The molecule has 0 aromatic carbocycles. The molecule has 0 spiro atoms. The number of rotatable bonds is 56. The SMILES string of the molecule is CCCCCCCC/C=C/CCCCCCCCCCCC(=O)OC(/C=C/CCCCCCCCCCCC)C(COP(=O)([O-])OCC[N+](C)(C)C)NC(=O)CCCCCCCCCCCCCCCC. The predicted octanol–water partition coefficient (Wildman–Crippen LogP) is 17.9. The Hall–Kier alpha value is -1.51. The number of nitrogens with zero attached hydrogens (tertiary/aromatic N) is 1. The van der Waals surface area contributed by atoms with Crippen molar-refractivity contribution in [1.29, 1.82) is 0 Å². The molecule has 0 rings (SSSR count). The summed E-state index contributed by atoms with van der Waals surface area (Å²) in [6.07, 6.45) is 59.9. The molecule has 0 bridgehead atoms. The number of carbonyl (C=O) groups excluding carboxylic acids is 2. The first-order valence-corrected chi connectivity index (χ1v) is 32.1. The van der Waals surface area contributed by atoms with Crippen LogP contribution in [-0.2, 0) is 27.9 Å². The van der Waals surface area contributed by atoms with E-state index >= 15 is 0 Å². The minimum absolute atomic E-state index is 0.0190. The van der Waals surface area contributed by atoms with Gasteiger partial charge in [-0.05, 0) is 57.4 Å². The number of ether oxygens (including phenoxy) is 1. The van der Waals surface area contributed by atoms with E-state index in [4.69, 9.17) is 13.8 Å². The maximum atomic E-state index is 13.5. The van der Waals surface area contributed by atoms with E-state index in [0.717, 1.165) is 57.8 Å². The fourth-order valence-electron chi connectivity index (χ4n) is 9.11. The number of hydrogen-bond donors (Lipinski definition) is 1. The van der Waals surface area contributed by atoms with Gasteiger partial charge in [-0.15, -0.1) is 0 Å². The summed E-state index contributed by atoms with van der Waals surface area (Å²) in [5.41, 5.74) is 0. The normalized spacial score (nSPS) is 13.8. The number of likely N-dealkylation sites (N-methyl/N-ethyl adjacent to an activating group) is 1. The van der Waals surface area contributed by atoms with Crippen LogP contribution in [0.25, 0.3) is 0 Å². The summed E-state index contributed by atoms with van der Waals surface area (Å²) in [6.45, 7) is 6.87. The van der Waals surface area contributed by atoms with E-state index in [1.165, 1.54) is 212 Å². The van der Waals surface area contributed by atoms with Gasteiger partial charge in [0.15, 0.2) is 0 Å². The predicted molar refractivity (Wildman–Crippen MR) is 303 cm³/mol. The molecule has 0 aliphatic heterocycles. The van der Waals surface area contributed by atoms with E-state index in [9.17, 15) is 19.0 Å². The van der Waals surface area contributed by atoms with Gasteiger partial charge in [-0.2, -0.15) is 0 Å². The standard InChI is InChI=1S/C61H119N2O7P/c1-7-10-13-16-19-22-25-28-30-31-32-33-34-36-39-42-45-48-51-54-61(65)70-59(52-49-46-43-40-37-27-24-21-18-15-12-9-3)58(57-69-71(66,67)68-56-55-63(4,5)6)62-60(64)53-50-47-44-41-38-35-29-26-23-20-17-14-11-8-2/h28,30,49,52,58-59H,7-27,29,31-48,50-51,53-57H2,1-6H3,(H-,62,64,66,67)/b30-28+,52-49+. The minimum atomic E-state index is -4.69. The highest BCUT2D eigenvalue weighted by Crippen LogP contribution is 2.38. The molecule has 0 aromatic heterocycles. The monoisotopic (exact) mass is 1020 g/mol. The number of esters is 1. The van der Waals surface area contributed by atoms with Crippen molar-refractivity contribution in [3.8, 4) is 0 Å². The number of quaternary nitrogens is 1. The van der Waals surface area contributed by atoms with E-state index in [1.807, 2.05) is 33.3 Å². The van der Waals surface area contributed by atoms with Gasteiger partial charge in [0.25, 0.3) is 7.82 Å². The van der Waals surface area contributed by atoms with Crippen LogP contribution in [0.4, 0.5) is 0 Å². The Morgan fingerprint density at radius 3 is 1.20 bits per heavy atom. The van der Waals surface area contributed by atoms with Gasteiger partial charge in [0.2, 0.25) is 5.91 Å². The van der Waals surface area contributed by atoms with E-state index < -0.39 is 20.0 Å². The van der Waals surface area contributed by atoms with Crippen molar-refractivity contribution in [3.63, 3.8) is 0 Å². The summed E-state index contributed by atoms with van der Waals surface area (Å²) in [7, 11) is 1.20. The van der Waals surface area contributed by atoms with Crippen molar-refractivity contribution in [2.45, 2.75) is 315 Å². The summed E-state index contributed by atoms with van der Waals surface area (Å²) in [5, 5.41) is 3.03. The molecule has 0 saturated carbocycles. The summed E-state index contributed by atoms with van der Waals surface area (Å²) in [5.74, 6) is -0.528. The molecule has 10 heteroatoms. The third kappa shape index (κ3) is 53.1. The number of carbonyl (C=O) groups is 2. The number of unbranched alkanes of at least 4 members (excludes halogenated alkanes) is 38. The van der Waals surface area contributed by atoms with Crippen molar-refractivity contribution >= 4 is 19.7 Å². The number of allylic oxidation sites excluding steroid dienone is 3. The first kappa shape index (κ1) is 69.5. The second-order valence-corrected chi connectivity index (χ2v) is 23.6. The number of phosphoric acid groups is 1. The van der Waals surface area contributed by atoms with E-state index in [2.05, 4.69) is 38.2 Å². The Morgan fingerprint density at radius 1 is 0.479 bits per heavy atom. The number of amides is 1. The zero-order chi connectivity index (χ0) is 52.2. The molecule has 0 aliphatic rings. The van der Waals surface area contributed by atoms with Gasteiger partial charge in [0, 0.05) is 12.8 Å². The highest BCUT2D eigenvalue weighted by molar-refractivity contribution is 7.45. The lowest BCUT2D eigenvalue weighted by atomic mass is 10.0. The smallest absolute Gasteiger partial charge is 0.306 e. The number of phosphoric ester groups is 1. The van der Waals surface area contributed by atoms with Crippen LogP contribution in [0.1, 0.15) is 303 Å². The molecule has 1 amide bonds. The molecule has 3 atom stereocenters. The maximum absolute atomic E-state index is 13.5. The van der Waals surface area contributed by atoms with Gasteiger partial charge in [0.1, 0.15) is 19.3 Å². The van der Waals surface area contributed by atoms with Gasteiger partial charge in [-0.25, -0.2) is 0 Å². The average Bonchev–Trinajstić information content (AvgIpc) is 3.33. The van der Waals surface area contributed by atoms with Crippen LogP contribution in [0.2, 0.25) is 0 Å². The molecule has 1 N–H and O–H groups in total. The lowest BCUT2D eigenvalue weighted by Gasteiger charge is -2.30. The highest BCUT2D eigenvalue weighted by Gasteiger charge is 2.27. The van der Waals surface area contributed by atoms with Crippen LogP contribution in [-0.4, -0.2) is 69.4 Å². The Balaban J connectivity index is 5.23. The van der Waals surface area contributed by atoms with Crippen LogP contribution in [0, 0.1) is 0 Å². The van der Waals surface area contributed by atoms with Crippen LogP contribution in [0.15, 0.2) is 24.3 Å². The molecule has 0 aromatic rings. The highest BCUT2D eigenvalue weighted by atomic mass is 31.2. The first-order valence-electron chi connectivity index (χ1n) is 30.6. The summed E-state index contributed by atoms with van der Waals surface area (Å²) < 4.78 is 30.3. The Morgan fingerprint density at radius 2 is 0.817 bits per heavy atom. The summed E-state index contributed by atoms with van der Waals surface area (Å²) in [6, 6.07) is -0.882. The Bertz CT molecular complexity index is 1270. The second kappa shape index (κ2) is 52.0. The lowest BCUT2D eigenvalue weighted by Crippen LogP contribution is -2.47. The van der Waals surface area contributed by atoms with E-state index in [0.29, 0.717) is 17.4 Å². The Labute approximate surface area is 441 Å². The molecule has 0 fully saturated rings. The fraction of sp³-hybridized carbons (Fsp3) is 0.902. The Kier molecular flexibility index (Phi) is 50.8. The van der Waals surface area contributed by atoms with Gasteiger partial charge in [-0.3, -0.25) is 14.2 Å². The quantitative estimate of drug-likeness (QED) is 0.0212. The van der Waals surface area contributed by atoms with Gasteiger partial charge >= 0.3 is 5.97 Å². The van der Waals surface area contributed by atoms with Crippen LogP contribution < -0.4 is 10.2 Å². The summed E-state index contributed by atoms with van der Waals surface area (Å²) >= 11 is 0. The number of hydrogen-bond acceptors (Lipinski definition) is 7. The van der Waals surface area contributed by atoms with E-state index in [-0.39, 0.29) is 31.5 Å². The molecule has 0 saturated heterocycles. The van der Waals surface area contributed by atoms with Crippen LogP contribution in [0.3, 0.4) is 0 Å². The zero-order valence-electron chi connectivity index (χ0n) is 48.0. The molecule has 0 aliphatic carbocycles. The largest absolute Gasteiger partial charge is 0.756 e. The van der Waals surface area contributed by atoms with Crippen molar-refractivity contribution in [1.82, 2.24) is 5.32 Å². The molecule has 0 heterocycles. The van der Waals surface area contributed by atoms with Crippen molar-refractivity contribution < 1.29 is 37.3 Å². The third-order valence-electron chi connectivity index (χ3n) is 13.9. The van der Waals surface area contributed by atoms with E-state index in [1.54, 1.807) is 0 Å². The average molecular weight is 1020 g/mol. The maximum Gasteiger partial charge on any atom is 0.306 e. The fourth-order valence-corrected chi connectivity index (χ4v) is 9.83. The van der Waals surface area contributed by atoms with Crippen molar-refractivity contribution in [3.05, 3.63) is 24.3 Å². The van der Waals surface area contributed by atoms with Crippen LogP contribution >= 0.6 is 7.82 Å². The van der Waals surface area contributed by atoms with Crippen molar-refractivity contribution in [2.24, 2.45) is 0 Å². The molecular weight excluding hydrogens is 904 g/mol. The first-order chi connectivity index (χ1) is 34.4. The van der Waals surface area contributed by atoms with Crippen LogP contribution in [0.5, 0.6) is 0 Å². The van der Waals surface area contributed by atoms with Gasteiger partial charge < -0.3 is 28.5 Å².